The van der Waals surface area contributed by atoms with E-state index in [1.807, 2.05) is 13.8 Å². The first-order valence-electron chi connectivity index (χ1n) is 9.06. The Balaban J connectivity index is 1.64. The van der Waals surface area contributed by atoms with Gasteiger partial charge in [0.15, 0.2) is 0 Å². The molecular formula is C17H28N4O3. The van der Waals surface area contributed by atoms with Crippen molar-refractivity contribution in [2.75, 3.05) is 13.6 Å². The molecule has 0 aliphatic carbocycles. The molecule has 0 radical (unpaired) electrons. The fraction of sp³-hybridized carbons (Fsp3) is 0.824. The Kier molecular flexibility index (Phi) is 4.55. The largest absolute Gasteiger partial charge is 0.341 e. The molecular weight excluding hydrogens is 308 g/mol. The van der Waals surface area contributed by atoms with E-state index in [1.54, 1.807) is 11.9 Å². The Morgan fingerprint density at radius 2 is 1.79 bits per heavy atom. The molecule has 7 nitrogen and oxygen atoms in total. The summed E-state index contributed by atoms with van der Waals surface area (Å²) in [5.74, 6) is -0.433. The van der Waals surface area contributed by atoms with E-state index in [1.165, 1.54) is 12.8 Å². The maximum absolute atomic E-state index is 12.6. The van der Waals surface area contributed by atoms with E-state index in [-0.39, 0.29) is 24.4 Å². The molecule has 2 unspecified atom stereocenters. The molecule has 3 fully saturated rings. The second-order valence-corrected chi connectivity index (χ2v) is 7.38. The Morgan fingerprint density at radius 3 is 2.29 bits per heavy atom. The highest BCUT2D eigenvalue weighted by Gasteiger charge is 2.49. The molecule has 24 heavy (non-hydrogen) atoms. The van der Waals surface area contributed by atoms with Crippen molar-refractivity contribution in [2.24, 2.45) is 0 Å². The summed E-state index contributed by atoms with van der Waals surface area (Å²) in [5.41, 5.74) is -0.843. The lowest BCUT2D eigenvalue weighted by Gasteiger charge is -2.36. The van der Waals surface area contributed by atoms with Crippen LogP contribution in [0.15, 0.2) is 0 Å². The second-order valence-electron chi connectivity index (χ2n) is 7.38. The van der Waals surface area contributed by atoms with Gasteiger partial charge in [-0.2, -0.15) is 0 Å². The number of rotatable bonds is 5. The van der Waals surface area contributed by atoms with Crippen molar-refractivity contribution < 1.29 is 14.4 Å². The lowest BCUT2D eigenvalue weighted by Crippen LogP contribution is -2.51. The minimum Gasteiger partial charge on any atom is -0.341 e. The van der Waals surface area contributed by atoms with E-state index in [0.717, 1.165) is 17.7 Å². The number of imide groups is 1. The van der Waals surface area contributed by atoms with E-state index < -0.39 is 11.6 Å². The molecule has 3 aliphatic rings. The van der Waals surface area contributed by atoms with Gasteiger partial charge in [0.1, 0.15) is 12.1 Å². The molecule has 134 valence electrons. The van der Waals surface area contributed by atoms with Crippen molar-refractivity contribution in [3.05, 3.63) is 0 Å². The molecule has 2 N–H and O–H groups in total. The number of likely N-dealkylation sites (N-methyl/N-ethyl adjacent to an activating group) is 1. The zero-order valence-electron chi connectivity index (χ0n) is 14.8. The Labute approximate surface area is 143 Å². The van der Waals surface area contributed by atoms with Gasteiger partial charge in [-0.25, -0.2) is 4.79 Å². The fourth-order valence-electron chi connectivity index (χ4n) is 4.34. The highest BCUT2D eigenvalue weighted by atomic mass is 16.2. The van der Waals surface area contributed by atoms with Crippen LogP contribution in [0.2, 0.25) is 0 Å². The highest BCUT2D eigenvalue weighted by molar-refractivity contribution is 6.08. The number of nitrogens with zero attached hydrogens (tertiary/aromatic N) is 2. The Morgan fingerprint density at radius 1 is 1.21 bits per heavy atom. The smallest absolute Gasteiger partial charge is 0.325 e. The normalized spacial score (nSPS) is 31.3. The van der Waals surface area contributed by atoms with Crippen molar-refractivity contribution in [1.82, 2.24) is 20.4 Å². The number of amides is 4. The van der Waals surface area contributed by atoms with Crippen molar-refractivity contribution in [1.29, 1.82) is 0 Å². The van der Waals surface area contributed by atoms with Crippen LogP contribution >= 0.6 is 0 Å². The molecule has 7 heteroatoms. The maximum atomic E-state index is 12.6. The summed E-state index contributed by atoms with van der Waals surface area (Å²) < 4.78 is 0. The molecule has 4 amide bonds. The molecule has 0 aromatic rings. The van der Waals surface area contributed by atoms with Gasteiger partial charge in [-0.05, 0) is 38.5 Å². The number of fused-ring (bicyclic) bond motifs is 2. The molecule has 2 atom stereocenters. The molecule has 0 aromatic heterocycles. The van der Waals surface area contributed by atoms with Gasteiger partial charge in [-0.3, -0.25) is 14.5 Å². The zero-order chi connectivity index (χ0) is 17.5. The van der Waals surface area contributed by atoms with Crippen LogP contribution in [0.25, 0.3) is 0 Å². The molecule has 3 aliphatic heterocycles. The number of hydrogen-bond acceptors (Lipinski definition) is 4. The van der Waals surface area contributed by atoms with Gasteiger partial charge in [0.25, 0.3) is 5.91 Å². The predicted octanol–water partition coefficient (Wildman–Crippen LogP) is 0.838. The van der Waals surface area contributed by atoms with Crippen LogP contribution in [0.1, 0.15) is 52.4 Å². The lowest BCUT2D eigenvalue weighted by atomic mass is 9.93. The molecule has 3 heterocycles. The summed E-state index contributed by atoms with van der Waals surface area (Å²) in [6.07, 6.45) is 5.31. The Bertz CT molecular complexity index is 534. The van der Waals surface area contributed by atoms with Crippen LogP contribution < -0.4 is 10.6 Å². The maximum Gasteiger partial charge on any atom is 0.325 e. The minimum atomic E-state index is -0.843. The van der Waals surface area contributed by atoms with Crippen LogP contribution in [0.4, 0.5) is 4.79 Å². The van der Waals surface area contributed by atoms with E-state index in [0.29, 0.717) is 24.9 Å². The van der Waals surface area contributed by atoms with E-state index in [2.05, 4.69) is 10.6 Å². The number of carbonyl (C=O) groups excluding carboxylic acids is 3. The van der Waals surface area contributed by atoms with Crippen molar-refractivity contribution in [2.45, 2.75) is 76.0 Å². The third-order valence-corrected chi connectivity index (χ3v) is 6.14. The highest BCUT2D eigenvalue weighted by Crippen LogP contribution is 2.30. The van der Waals surface area contributed by atoms with E-state index >= 15 is 0 Å². The standard InChI is InChI=1S/C17H28N4O3/c1-4-17(5-2)15(23)21(16(24)19-17)10-14(22)20(3)13-8-11-6-7-12(9-13)18-11/h11-13,18H,4-10H2,1-3H3,(H,19,24). The first-order valence-corrected chi connectivity index (χ1v) is 9.06. The summed E-state index contributed by atoms with van der Waals surface area (Å²) in [5, 5.41) is 6.33. The van der Waals surface area contributed by atoms with Gasteiger partial charge in [-0.15, -0.1) is 0 Å². The fourth-order valence-corrected chi connectivity index (χ4v) is 4.34. The first-order chi connectivity index (χ1) is 11.4. The van der Waals surface area contributed by atoms with Crippen LogP contribution in [-0.2, 0) is 9.59 Å². The molecule has 3 saturated heterocycles. The van der Waals surface area contributed by atoms with Crippen LogP contribution in [-0.4, -0.2) is 64.9 Å². The van der Waals surface area contributed by atoms with E-state index in [4.69, 9.17) is 0 Å². The number of carbonyl (C=O) groups is 3. The van der Waals surface area contributed by atoms with Crippen molar-refractivity contribution in [3.63, 3.8) is 0 Å². The average Bonchev–Trinajstić information content (AvgIpc) is 3.04. The van der Waals surface area contributed by atoms with Crippen LogP contribution in [0.3, 0.4) is 0 Å². The summed E-state index contributed by atoms with van der Waals surface area (Å²) in [4.78, 5) is 40.3. The van der Waals surface area contributed by atoms with Gasteiger partial charge in [0.2, 0.25) is 5.91 Å². The predicted molar refractivity (Wildman–Crippen MR) is 89.3 cm³/mol. The summed E-state index contributed by atoms with van der Waals surface area (Å²) >= 11 is 0. The molecule has 0 saturated carbocycles. The first kappa shape index (κ1) is 17.2. The molecule has 2 bridgehead atoms. The minimum absolute atomic E-state index is 0.159. The quantitative estimate of drug-likeness (QED) is 0.729. The molecule has 3 rings (SSSR count). The average molecular weight is 336 g/mol. The summed E-state index contributed by atoms with van der Waals surface area (Å²) in [6, 6.07) is 0.733. The van der Waals surface area contributed by atoms with Crippen LogP contribution in [0.5, 0.6) is 0 Å². The lowest BCUT2D eigenvalue weighted by molar-refractivity contribution is -0.140. The second kappa shape index (κ2) is 6.35. The number of urea groups is 1. The van der Waals surface area contributed by atoms with E-state index in [9.17, 15) is 14.4 Å². The van der Waals surface area contributed by atoms with Crippen molar-refractivity contribution >= 4 is 17.8 Å². The molecule has 0 aromatic carbocycles. The van der Waals surface area contributed by atoms with Crippen LogP contribution in [0, 0.1) is 0 Å². The number of hydrogen-bond donors (Lipinski definition) is 2. The third-order valence-electron chi connectivity index (χ3n) is 6.14. The van der Waals surface area contributed by atoms with Crippen molar-refractivity contribution in [3.8, 4) is 0 Å². The summed E-state index contributed by atoms with van der Waals surface area (Å²) in [7, 11) is 1.79. The number of nitrogens with one attached hydrogen (secondary N) is 2. The third kappa shape index (κ3) is 2.79. The van der Waals surface area contributed by atoms with Gasteiger partial charge >= 0.3 is 6.03 Å². The van der Waals surface area contributed by atoms with Gasteiger partial charge in [0.05, 0.1) is 0 Å². The zero-order valence-corrected chi connectivity index (χ0v) is 14.8. The van der Waals surface area contributed by atoms with Gasteiger partial charge in [0, 0.05) is 25.2 Å². The SMILES string of the molecule is CCC1(CC)NC(=O)N(CC(=O)N(C)C2CC3CCC(C2)N3)C1=O. The molecule has 0 spiro atoms. The Hall–Kier alpha value is -1.63. The monoisotopic (exact) mass is 336 g/mol. The number of piperidine rings is 1. The van der Waals surface area contributed by atoms with Gasteiger partial charge in [-0.1, -0.05) is 13.8 Å². The summed E-state index contributed by atoms with van der Waals surface area (Å²) in [6.45, 7) is 3.59. The van der Waals surface area contributed by atoms with Gasteiger partial charge < -0.3 is 15.5 Å². The topological polar surface area (TPSA) is 81.8 Å².